The predicted octanol–water partition coefficient (Wildman–Crippen LogP) is 3.88. The van der Waals surface area contributed by atoms with Gasteiger partial charge in [0.15, 0.2) is 0 Å². The van der Waals surface area contributed by atoms with Gasteiger partial charge in [-0.2, -0.15) is 13.2 Å². The number of halogens is 3. The Labute approximate surface area is 121 Å². The number of nitrogens with two attached hydrogens (primary N) is 1. The van der Waals surface area contributed by atoms with Gasteiger partial charge < -0.3 is 11.1 Å². The number of benzene rings is 1. The molecule has 1 aliphatic rings. The zero-order chi connectivity index (χ0) is 15.6. The topological polar surface area (TPSA) is 55.1 Å². The molecule has 6 heteroatoms. The van der Waals surface area contributed by atoms with Gasteiger partial charge in [-0.1, -0.05) is 6.07 Å². The van der Waals surface area contributed by atoms with E-state index in [1.165, 1.54) is 0 Å². The van der Waals surface area contributed by atoms with Gasteiger partial charge in [-0.05, 0) is 50.3 Å². The second-order valence-electron chi connectivity index (χ2n) is 5.60. The minimum Gasteiger partial charge on any atom is -0.398 e. The van der Waals surface area contributed by atoms with E-state index in [1.807, 2.05) is 0 Å². The summed E-state index contributed by atoms with van der Waals surface area (Å²) in [7, 11) is 0. The number of rotatable bonds is 2. The molecule has 1 aliphatic carbocycles. The Morgan fingerprint density at radius 1 is 1.24 bits per heavy atom. The predicted molar refractivity (Wildman–Crippen MR) is 75.7 cm³/mol. The Morgan fingerprint density at radius 2 is 1.86 bits per heavy atom. The molecule has 1 amide bonds. The summed E-state index contributed by atoms with van der Waals surface area (Å²) in [6.45, 7) is 1.80. The first-order valence-electron chi connectivity index (χ1n) is 7.01. The molecule has 1 aromatic carbocycles. The van der Waals surface area contributed by atoms with Gasteiger partial charge in [-0.15, -0.1) is 0 Å². The third kappa shape index (κ3) is 3.68. The standard InChI is InChI=1S/C15H19F3N2O/c1-9-12(19)3-2-4-13(9)20-14(21)10-5-7-11(8-6-10)15(16,17)18/h2-4,10-11H,5-8,19H2,1H3,(H,20,21). The van der Waals surface area contributed by atoms with E-state index in [1.54, 1.807) is 25.1 Å². The molecule has 116 valence electrons. The largest absolute Gasteiger partial charge is 0.398 e. The minimum atomic E-state index is -4.15. The summed E-state index contributed by atoms with van der Waals surface area (Å²) >= 11 is 0. The van der Waals surface area contributed by atoms with Gasteiger partial charge in [0, 0.05) is 17.3 Å². The van der Waals surface area contributed by atoms with Crippen LogP contribution in [-0.4, -0.2) is 12.1 Å². The number of carbonyl (C=O) groups excluding carboxylic acids is 1. The number of carbonyl (C=O) groups is 1. The molecule has 0 saturated heterocycles. The lowest BCUT2D eigenvalue weighted by molar-refractivity contribution is -0.184. The van der Waals surface area contributed by atoms with Crippen LogP contribution < -0.4 is 11.1 Å². The molecule has 1 fully saturated rings. The Balaban J connectivity index is 1.95. The first kappa shape index (κ1) is 15.7. The van der Waals surface area contributed by atoms with Crippen molar-refractivity contribution in [3.8, 4) is 0 Å². The molecule has 0 spiro atoms. The van der Waals surface area contributed by atoms with Gasteiger partial charge in [-0.3, -0.25) is 4.79 Å². The van der Waals surface area contributed by atoms with Crippen molar-refractivity contribution >= 4 is 17.3 Å². The van der Waals surface area contributed by atoms with E-state index < -0.39 is 12.1 Å². The van der Waals surface area contributed by atoms with E-state index in [0.29, 0.717) is 11.4 Å². The molecule has 3 nitrogen and oxygen atoms in total. The number of alkyl halides is 3. The first-order chi connectivity index (χ1) is 9.79. The van der Waals surface area contributed by atoms with Crippen molar-refractivity contribution in [1.82, 2.24) is 0 Å². The highest BCUT2D eigenvalue weighted by Crippen LogP contribution is 2.39. The van der Waals surface area contributed by atoms with Crippen LogP contribution in [0, 0.1) is 18.8 Å². The van der Waals surface area contributed by atoms with E-state index in [-0.39, 0.29) is 37.5 Å². The molecule has 1 aromatic rings. The van der Waals surface area contributed by atoms with E-state index >= 15 is 0 Å². The van der Waals surface area contributed by atoms with E-state index in [2.05, 4.69) is 5.32 Å². The third-order valence-electron chi connectivity index (χ3n) is 4.19. The number of nitrogens with one attached hydrogen (secondary N) is 1. The first-order valence-corrected chi connectivity index (χ1v) is 7.01. The van der Waals surface area contributed by atoms with Gasteiger partial charge in [0.1, 0.15) is 0 Å². The zero-order valence-electron chi connectivity index (χ0n) is 11.8. The lowest BCUT2D eigenvalue weighted by Gasteiger charge is -2.29. The summed E-state index contributed by atoms with van der Waals surface area (Å²) in [6, 6.07) is 5.21. The van der Waals surface area contributed by atoms with Gasteiger partial charge in [0.05, 0.1) is 5.92 Å². The fourth-order valence-electron chi connectivity index (χ4n) is 2.71. The molecule has 3 N–H and O–H groups in total. The van der Waals surface area contributed by atoms with Gasteiger partial charge in [-0.25, -0.2) is 0 Å². The van der Waals surface area contributed by atoms with Crippen LogP contribution in [-0.2, 0) is 4.79 Å². The highest BCUT2D eigenvalue weighted by atomic mass is 19.4. The number of nitrogen functional groups attached to an aromatic ring is 1. The highest BCUT2D eigenvalue weighted by Gasteiger charge is 2.42. The maximum atomic E-state index is 12.6. The normalized spacial score (nSPS) is 22.9. The molecular weight excluding hydrogens is 281 g/mol. The van der Waals surface area contributed by atoms with Gasteiger partial charge in [0.2, 0.25) is 5.91 Å². The number of anilines is 2. The van der Waals surface area contributed by atoms with E-state index in [0.717, 1.165) is 5.56 Å². The quantitative estimate of drug-likeness (QED) is 0.814. The molecule has 0 heterocycles. The molecule has 0 unspecified atom stereocenters. The monoisotopic (exact) mass is 300 g/mol. The van der Waals surface area contributed by atoms with Crippen molar-refractivity contribution in [1.29, 1.82) is 0 Å². The lowest BCUT2D eigenvalue weighted by Crippen LogP contribution is -2.32. The molecular formula is C15H19F3N2O. The number of amides is 1. The average Bonchev–Trinajstić information content (AvgIpc) is 2.43. The van der Waals surface area contributed by atoms with Crippen molar-refractivity contribution in [2.24, 2.45) is 11.8 Å². The SMILES string of the molecule is Cc1c(N)cccc1NC(=O)C1CCC(C(F)(F)F)CC1. The van der Waals surface area contributed by atoms with Crippen LogP contribution in [0.4, 0.5) is 24.5 Å². The van der Waals surface area contributed by atoms with Crippen LogP contribution in [0.5, 0.6) is 0 Å². The zero-order valence-corrected chi connectivity index (χ0v) is 11.8. The Hall–Kier alpha value is -1.72. The molecule has 0 aromatic heterocycles. The lowest BCUT2D eigenvalue weighted by atomic mass is 9.81. The second-order valence-corrected chi connectivity index (χ2v) is 5.60. The molecule has 0 radical (unpaired) electrons. The van der Waals surface area contributed by atoms with E-state index in [9.17, 15) is 18.0 Å². The maximum Gasteiger partial charge on any atom is 0.391 e. The van der Waals surface area contributed by atoms with Crippen molar-refractivity contribution in [2.45, 2.75) is 38.8 Å². The molecule has 21 heavy (non-hydrogen) atoms. The minimum absolute atomic E-state index is 0.0253. The van der Waals surface area contributed by atoms with Crippen LogP contribution in [0.25, 0.3) is 0 Å². The van der Waals surface area contributed by atoms with Crippen molar-refractivity contribution in [3.63, 3.8) is 0 Å². The fraction of sp³-hybridized carbons (Fsp3) is 0.533. The molecule has 0 aliphatic heterocycles. The second kappa shape index (κ2) is 5.95. The van der Waals surface area contributed by atoms with Gasteiger partial charge in [0.25, 0.3) is 0 Å². The molecule has 2 rings (SSSR count). The van der Waals surface area contributed by atoms with Crippen LogP contribution in [0.1, 0.15) is 31.2 Å². The Kier molecular flexibility index (Phi) is 4.44. The number of hydrogen-bond donors (Lipinski definition) is 2. The highest BCUT2D eigenvalue weighted by molar-refractivity contribution is 5.94. The van der Waals surface area contributed by atoms with Gasteiger partial charge >= 0.3 is 6.18 Å². The average molecular weight is 300 g/mol. The Morgan fingerprint density at radius 3 is 2.43 bits per heavy atom. The third-order valence-corrected chi connectivity index (χ3v) is 4.19. The number of hydrogen-bond acceptors (Lipinski definition) is 2. The Bertz CT molecular complexity index is 520. The summed E-state index contributed by atoms with van der Waals surface area (Å²) in [4.78, 5) is 12.2. The summed E-state index contributed by atoms with van der Waals surface area (Å²) in [5, 5.41) is 2.77. The van der Waals surface area contributed by atoms with E-state index in [4.69, 9.17) is 5.73 Å². The van der Waals surface area contributed by atoms with Crippen LogP contribution in [0.3, 0.4) is 0 Å². The van der Waals surface area contributed by atoms with Crippen molar-refractivity contribution < 1.29 is 18.0 Å². The van der Waals surface area contributed by atoms with Crippen LogP contribution >= 0.6 is 0 Å². The van der Waals surface area contributed by atoms with Crippen molar-refractivity contribution in [3.05, 3.63) is 23.8 Å². The van der Waals surface area contributed by atoms with Crippen LogP contribution in [0.2, 0.25) is 0 Å². The summed E-state index contributed by atoms with van der Waals surface area (Å²) in [5.41, 5.74) is 7.74. The summed E-state index contributed by atoms with van der Waals surface area (Å²) < 4.78 is 37.8. The maximum absolute atomic E-state index is 12.6. The summed E-state index contributed by atoms with van der Waals surface area (Å²) in [5.74, 6) is -1.84. The smallest absolute Gasteiger partial charge is 0.391 e. The molecule has 1 saturated carbocycles. The molecule has 0 atom stereocenters. The van der Waals surface area contributed by atoms with Crippen LogP contribution in [0.15, 0.2) is 18.2 Å². The molecule has 0 bridgehead atoms. The van der Waals surface area contributed by atoms with Crippen molar-refractivity contribution in [2.75, 3.05) is 11.1 Å². The summed E-state index contributed by atoms with van der Waals surface area (Å²) in [6.07, 6.45) is -3.55. The fourth-order valence-corrected chi connectivity index (χ4v) is 2.71.